The van der Waals surface area contributed by atoms with Gasteiger partial charge in [-0.25, -0.2) is 4.79 Å². The molecule has 0 heterocycles. The van der Waals surface area contributed by atoms with Gasteiger partial charge in [-0.1, -0.05) is 17.7 Å². The molecule has 0 saturated heterocycles. The predicted octanol–water partition coefficient (Wildman–Crippen LogP) is 3.66. The van der Waals surface area contributed by atoms with Gasteiger partial charge in [0.1, 0.15) is 5.75 Å². The van der Waals surface area contributed by atoms with Crippen LogP contribution in [0.3, 0.4) is 0 Å². The number of carbonyl (C=O) groups is 1. The largest absolute Gasteiger partial charge is 0.508 e. The Morgan fingerprint density at radius 3 is 2.65 bits per heavy atom. The van der Waals surface area contributed by atoms with Crippen LogP contribution in [0.5, 0.6) is 5.75 Å². The van der Waals surface area contributed by atoms with Gasteiger partial charge in [-0.05, 0) is 42.8 Å². The van der Waals surface area contributed by atoms with Crippen molar-refractivity contribution < 1.29 is 15.0 Å². The Hall–Kier alpha value is -2.20. The molecule has 0 aromatic heterocycles. The lowest BCUT2D eigenvalue weighted by molar-refractivity contribution is 0.0697. The molecule has 0 fully saturated rings. The fourth-order valence-corrected chi connectivity index (χ4v) is 2.14. The number of hydrogen-bond acceptors (Lipinski definition) is 3. The maximum absolute atomic E-state index is 10.9. The number of nitrogens with one attached hydrogen (secondary N) is 1. The quantitative estimate of drug-likeness (QED) is 0.804. The summed E-state index contributed by atoms with van der Waals surface area (Å²) in [5.41, 5.74) is 2.47. The second-order valence-electron chi connectivity index (χ2n) is 4.43. The molecule has 3 N–H and O–H groups in total. The van der Waals surface area contributed by atoms with Gasteiger partial charge in [-0.2, -0.15) is 0 Å². The zero-order valence-electron chi connectivity index (χ0n) is 10.9. The summed E-state index contributed by atoms with van der Waals surface area (Å²) < 4.78 is 0. The molecule has 4 nitrogen and oxygen atoms in total. The van der Waals surface area contributed by atoms with Crippen LogP contribution in [-0.4, -0.2) is 16.2 Å². The first-order valence-electron chi connectivity index (χ1n) is 6.03. The van der Waals surface area contributed by atoms with Crippen molar-refractivity contribution >= 4 is 23.3 Å². The number of phenols is 1. The van der Waals surface area contributed by atoms with Crippen LogP contribution in [0.25, 0.3) is 0 Å². The molecule has 0 unspecified atom stereocenters. The lowest BCUT2D eigenvalue weighted by Gasteiger charge is -2.12. The van der Waals surface area contributed by atoms with Gasteiger partial charge in [0.15, 0.2) is 0 Å². The topological polar surface area (TPSA) is 69.6 Å². The summed E-state index contributed by atoms with van der Waals surface area (Å²) in [7, 11) is 0. The lowest BCUT2D eigenvalue weighted by Crippen LogP contribution is -2.04. The summed E-state index contributed by atoms with van der Waals surface area (Å²) in [5, 5.41) is 22.3. The second kappa shape index (κ2) is 5.84. The number of benzene rings is 2. The van der Waals surface area contributed by atoms with Crippen molar-refractivity contribution in [2.24, 2.45) is 0 Å². The molecule has 5 heteroatoms. The van der Waals surface area contributed by atoms with Crippen LogP contribution in [0.1, 0.15) is 21.5 Å². The van der Waals surface area contributed by atoms with E-state index in [4.69, 9.17) is 16.7 Å². The standard InChI is InChI=1S/C15H14ClNO3/c1-9-7-10(15(19)20)5-6-13(9)17-8-11-12(16)3-2-4-14(11)18/h2-7,17-18H,8H2,1H3,(H,19,20). The van der Waals surface area contributed by atoms with Crippen LogP contribution in [0.15, 0.2) is 36.4 Å². The van der Waals surface area contributed by atoms with Gasteiger partial charge < -0.3 is 15.5 Å². The Morgan fingerprint density at radius 2 is 2.05 bits per heavy atom. The highest BCUT2D eigenvalue weighted by Crippen LogP contribution is 2.26. The van der Waals surface area contributed by atoms with E-state index in [2.05, 4.69) is 5.32 Å². The van der Waals surface area contributed by atoms with Crippen molar-refractivity contribution in [2.75, 3.05) is 5.32 Å². The Bertz CT molecular complexity index is 635. The number of hydrogen-bond donors (Lipinski definition) is 3. The highest BCUT2D eigenvalue weighted by Gasteiger charge is 2.08. The number of phenolic OH excluding ortho intramolecular Hbond substituents is 1. The molecule has 2 rings (SSSR count). The SMILES string of the molecule is Cc1cc(C(=O)O)ccc1NCc1c(O)cccc1Cl. The molecule has 2 aromatic carbocycles. The predicted molar refractivity (Wildman–Crippen MR) is 78.6 cm³/mol. The van der Waals surface area contributed by atoms with E-state index in [0.29, 0.717) is 17.1 Å². The average molecular weight is 292 g/mol. The number of anilines is 1. The molecule has 0 aliphatic heterocycles. The Balaban J connectivity index is 2.17. The minimum absolute atomic E-state index is 0.129. The molecular formula is C15H14ClNO3. The van der Waals surface area contributed by atoms with E-state index in [1.165, 1.54) is 6.07 Å². The Labute approximate surface area is 121 Å². The minimum Gasteiger partial charge on any atom is -0.508 e. The van der Waals surface area contributed by atoms with Gasteiger partial charge in [0.05, 0.1) is 5.56 Å². The first-order chi connectivity index (χ1) is 9.49. The van der Waals surface area contributed by atoms with Crippen LogP contribution in [0, 0.1) is 6.92 Å². The third kappa shape index (κ3) is 3.03. The van der Waals surface area contributed by atoms with E-state index in [1.54, 1.807) is 30.3 Å². The van der Waals surface area contributed by atoms with Crippen LogP contribution in [-0.2, 0) is 6.54 Å². The van der Waals surface area contributed by atoms with E-state index in [-0.39, 0.29) is 11.3 Å². The monoisotopic (exact) mass is 291 g/mol. The van der Waals surface area contributed by atoms with Crippen LogP contribution >= 0.6 is 11.6 Å². The molecular weight excluding hydrogens is 278 g/mol. The highest BCUT2D eigenvalue weighted by molar-refractivity contribution is 6.31. The molecule has 0 aliphatic carbocycles. The molecule has 0 aliphatic rings. The van der Waals surface area contributed by atoms with Crippen molar-refractivity contribution in [1.82, 2.24) is 0 Å². The number of carboxylic acid groups (broad SMARTS) is 1. The van der Waals surface area contributed by atoms with E-state index in [9.17, 15) is 9.90 Å². The van der Waals surface area contributed by atoms with Crippen LogP contribution < -0.4 is 5.32 Å². The summed E-state index contributed by atoms with van der Waals surface area (Å²) in [5.74, 6) is -0.826. The lowest BCUT2D eigenvalue weighted by atomic mass is 10.1. The van der Waals surface area contributed by atoms with E-state index in [0.717, 1.165) is 11.3 Å². The molecule has 2 aromatic rings. The Kier molecular flexibility index (Phi) is 4.15. The Morgan fingerprint density at radius 1 is 1.30 bits per heavy atom. The van der Waals surface area contributed by atoms with Gasteiger partial charge in [0.2, 0.25) is 0 Å². The zero-order chi connectivity index (χ0) is 14.7. The van der Waals surface area contributed by atoms with Gasteiger partial charge in [-0.15, -0.1) is 0 Å². The van der Waals surface area contributed by atoms with Crippen molar-refractivity contribution in [3.8, 4) is 5.75 Å². The molecule has 0 bridgehead atoms. The van der Waals surface area contributed by atoms with Crippen LogP contribution in [0.4, 0.5) is 5.69 Å². The first-order valence-corrected chi connectivity index (χ1v) is 6.41. The maximum atomic E-state index is 10.9. The average Bonchev–Trinajstić information content (AvgIpc) is 2.39. The van der Waals surface area contributed by atoms with Crippen molar-refractivity contribution in [1.29, 1.82) is 0 Å². The van der Waals surface area contributed by atoms with E-state index >= 15 is 0 Å². The number of aryl methyl sites for hydroxylation is 1. The summed E-state index contributed by atoms with van der Waals surface area (Å²) >= 11 is 6.02. The third-order valence-corrected chi connectivity index (χ3v) is 3.38. The van der Waals surface area contributed by atoms with Crippen molar-refractivity contribution in [3.05, 3.63) is 58.1 Å². The maximum Gasteiger partial charge on any atom is 0.335 e. The van der Waals surface area contributed by atoms with Crippen LogP contribution in [0.2, 0.25) is 5.02 Å². The normalized spacial score (nSPS) is 10.3. The smallest absolute Gasteiger partial charge is 0.335 e. The fourth-order valence-electron chi connectivity index (χ4n) is 1.90. The summed E-state index contributed by atoms with van der Waals surface area (Å²) in [6.45, 7) is 2.18. The number of rotatable bonds is 4. The zero-order valence-corrected chi connectivity index (χ0v) is 11.6. The number of aromatic carboxylic acids is 1. The summed E-state index contributed by atoms with van der Waals surface area (Å²) in [6.07, 6.45) is 0. The molecule has 0 atom stereocenters. The van der Waals surface area contributed by atoms with Gasteiger partial charge in [-0.3, -0.25) is 0 Å². The minimum atomic E-state index is -0.955. The van der Waals surface area contributed by atoms with Gasteiger partial charge >= 0.3 is 5.97 Å². The number of carboxylic acids is 1. The van der Waals surface area contributed by atoms with E-state index < -0.39 is 5.97 Å². The molecule has 0 amide bonds. The highest BCUT2D eigenvalue weighted by atomic mass is 35.5. The molecule has 104 valence electrons. The first kappa shape index (κ1) is 14.2. The number of aromatic hydroxyl groups is 1. The third-order valence-electron chi connectivity index (χ3n) is 3.02. The molecule has 20 heavy (non-hydrogen) atoms. The fraction of sp³-hybridized carbons (Fsp3) is 0.133. The second-order valence-corrected chi connectivity index (χ2v) is 4.83. The van der Waals surface area contributed by atoms with Crippen molar-refractivity contribution in [3.63, 3.8) is 0 Å². The number of halogens is 1. The van der Waals surface area contributed by atoms with E-state index in [1.807, 2.05) is 6.92 Å². The van der Waals surface area contributed by atoms with Gasteiger partial charge in [0, 0.05) is 22.8 Å². The molecule has 0 spiro atoms. The van der Waals surface area contributed by atoms with Crippen molar-refractivity contribution in [2.45, 2.75) is 13.5 Å². The molecule has 0 saturated carbocycles. The van der Waals surface area contributed by atoms with Gasteiger partial charge in [0.25, 0.3) is 0 Å². The summed E-state index contributed by atoms with van der Waals surface area (Å²) in [4.78, 5) is 10.9. The summed E-state index contributed by atoms with van der Waals surface area (Å²) in [6, 6.07) is 9.78. The molecule has 0 radical (unpaired) electrons.